The van der Waals surface area contributed by atoms with E-state index in [-0.39, 0.29) is 6.10 Å². The van der Waals surface area contributed by atoms with Crippen molar-refractivity contribution < 1.29 is 4.74 Å². The van der Waals surface area contributed by atoms with Crippen molar-refractivity contribution >= 4 is 11.3 Å². The molecule has 84 valence electrons. The summed E-state index contributed by atoms with van der Waals surface area (Å²) in [5.41, 5.74) is 1.83. The van der Waals surface area contributed by atoms with Crippen LogP contribution < -0.4 is 4.74 Å². The number of aromatic nitrogens is 3. The number of aryl methyl sites for hydroxylation is 1. The molecule has 0 bridgehead atoms. The van der Waals surface area contributed by atoms with Crippen LogP contribution in [0.15, 0.2) is 17.8 Å². The van der Waals surface area contributed by atoms with Gasteiger partial charge < -0.3 is 4.74 Å². The molecular formula is C11H13N3OS. The average Bonchev–Trinajstić information content (AvgIpc) is 2.65. The van der Waals surface area contributed by atoms with Gasteiger partial charge in [0.05, 0.1) is 16.8 Å². The van der Waals surface area contributed by atoms with Crippen LogP contribution in [0.5, 0.6) is 6.01 Å². The Labute approximate surface area is 98.4 Å². The zero-order chi connectivity index (χ0) is 11.5. The predicted octanol–water partition coefficient (Wildman–Crippen LogP) is 2.70. The quantitative estimate of drug-likeness (QED) is 0.820. The minimum Gasteiger partial charge on any atom is -0.461 e. The number of thiazole rings is 1. The smallest absolute Gasteiger partial charge is 0.316 e. The Hall–Kier alpha value is -1.49. The van der Waals surface area contributed by atoms with Crippen molar-refractivity contribution in [2.45, 2.75) is 26.9 Å². The maximum atomic E-state index is 5.37. The molecule has 0 unspecified atom stereocenters. The van der Waals surface area contributed by atoms with Crippen LogP contribution >= 0.6 is 11.3 Å². The van der Waals surface area contributed by atoms with E-state index in [1.54, 1.807) is 23.7 Å². The van der Waals surface area contributed by atoms with Crippen LogP contribution in [0.25, 0.3) is 11.3 Å². The Morgan fingerprint density at radius 2 is 1.94 bits per heavy atom. The Bertz CT molecular complexity index is 464. The lowest BCUT2D eigenvalue weighted by molar-refractivity contribution is 0.222. The van der Waals surface area contributed by atoms with Gasteiger partial charge in [0.1, 0.15) is 0 Å². The highest BCUT2D eigenvalue weighted by molar-refractivity contribution is 7.09. The zero-order valence-corrected chi connectivity index (χ0v) is 10.3. The summed E-state index contributed by atoms with van der Waals surface area (Å²) >= 11 is 1.62. The molecule has 0 radical (unpaired) electrons. The third-order valence-corrected chi connectivity index (χ3v) is 2.66. The number of ether oxygens (including phenoxy) is 1. The van der Waals surface area contributed by atoms with Crippen LogP contribution in [-0.2, 0) is 0 Å². The summed E-state index contributed by atoms with van der Waals surface area (Å²) in [4.78, 5) is 12.6. The van der Waals surface area contributed by atoms with Crippen LogP contribution in [0, 0.1) is 6.92 Å². The minimum atomic E-state index is 0.0902. The van der Waals surface area contributed by atoms with E-state index in [0.29, 0.717) is 6.01 Å². The molecule has 2 heterocycles. The summed E-state index contributed by atoms with van der Waals surface area (Å²) < 4.78 is 5.37. The molecule has 0 spiro atoms. The third-order valence-electron chi connectivity index (χ3n) is 1.88. The van der Waals surface area contributed by atoms with Gasteiger partial charge in [0.2, 0.25) is 0 Å². The number of hydrogen-bond acceptors (Lipinski definition) is 5. The molecule has 2 aromatic rings. The lowest BCUT2D eigenvalue weighted by Crippen LogP contribution is -2.08. The second-order valence-corrected chi connectivity index (χ2v) is 4.73. The van der Waals surface area contributed by atoms with Crippen LogP contribution in [-0.4, -0.2) is 21.1 Å². The van der Waals surface area contributed by atoms with E-state index in [4.69, 9.17) is 4.74 Å². The lowest BCUT2D eigenvalue weighted by atomic mass is 10.3. The van der Waals surface area contributed by atoms with Gasteiger partial charge in [-0.3, -0.25) is 0 Å². The fraction of sp³-hybridized carbons (Fsp3) is 0.364. The van der Waals surface area contributed by atoms with Crippen molar-refractivity contribution in [1.29, 1.82) is 0 Å². The molecule has 0 amide bonds. The van der Waals surface area contributed by atoms with E-state index in [2.05, 4.69) is 15.0 Å². The summed E-state index contributed by atoms with van der Waals surface area (Å²) in [6, 6.07) is 0.408. The molecule has 2 rings (SSSR count). The minimum absolute atomic E-state index is 0.0902. The van der Waals surface area contributed by atoms with Gasteiger partial charge in [-0.05, 0) is 20.8 Å². The van der Waals surface area contributed by atoms with Crippen molar-refractivity contribution in [2.24, 2.45) is 0 Å². The van der Waals surface area contributed by atoms with E-state index in [0.717, 1.165) is 16.3 Å². The molecule has 5 heteroatoms. The van der Waals surface area contributed by atoms with Crippen molar-refractivity contribution in [2.75, 3.05) is 0 Å². The van der Waals surface area contributed by atoms with Crippen molar-refractivity contribution in [3.05, 3.63) is 22.8 Å². The summed E-state index contributed by atoms with van der Waals surface area (Å²) in [5.74, 6) is 0. The Balaban J connectivity index is 2.19. The summed E-state index contributed by atoms with van der Waals surface area (Å²) in [6.07, 6.45) is 3.56. The van der Waals surface area contributed by atoms with E-state index >= 15 is 0 Å². The molecule has 2 aromatic heterocycles. The van der Waals surface area contributed by atoms with Gasteiger partial charge in [-0.2, -0.15) is 0 Å². The first kappa shape index (κ1) is 11.0. The van der Waals surface area contributed by atoms with Crippen LogP contribution in [0.2, 0.25) is 0 Å². The highest BCUT2D eigenvalue weighted by Gasteiger charge is 2.05. The number of rotatable bonds is 3. The molecular weight excluding hydrogens is 222 g/mol. The van der Waals surface area contributed by atoms with Crippen LogP contribution in [0.1, 0.15) is 18.9 Å². The first-order valence-electron chi connectivity index (χ1n) is 5.06. The van der Waals surface area contributed by atoms with Gasteiger partial charge in [-0.25, -0.2) is 15.0 Å². The normalized spacial score (nSPS) is 10.8. The van der Waals surface area contributed by atoms with E-state index in [1.165, 1.54) is 0 Å². The Morgan fingerprint density at radius 3 is 2.44 bits per heavy atom. The molecule has 0 N–H and O–H groups in total. The molecule has 0 fully saturated rings. The largest absolute Gasteiger partial charge is 0.461 e. The Morgan fingerprint density at radius 1 is 1.25 bits per heavy atom. The molecule has 4 nitrogen and oxygen atoms in total. The summed E-state index contributed by atoms with van der Waals surface area (Å²) in [6.45, 7) is 5.87. The second-order valence-electron chi connectivity index (χ2n) is 3.67. The van der Waals surface area contributed by atoms with Gasteiger partial charge in [-0.15, -0.1) is 11.3 Å². The standard InChI is InChI=1S/C11H13N3OS/c1-7(2)15-11-12-4-9(5-13-11)10-6-16-8(3)14-10/h4-7H,1-3H3. The molecule has 0 aliphatic heterocycles. The van der Waals surface area contributed by atoms with Gasteiger partial charge >= 0.3 is 6.01 Å². The maximum absolute atomic E-state index is 5.37. The fourth-order valence-corrected chi connectivity index (χ4v) is 1.84. The number of nitrogens with zero attached hydrogens (tertiary/aromatic N) is 3. The highest BCUT2D eigenvalue weighted by atomic mass is 32.1. The van der Waals surface area contributed by atoms with Gasteiger partial charge in [0.15, 0.2) is 0 Å². The molecule has 0 atom stereocenters. The zero-order valence-electron chi connectivity index (χ0n) is 9.47. The molecule has 16 heavy (non-hydrogen) atoms. The van der Waals surface area contributed by atoms with Crippen LogP contribution in [0.4, 0.5) is 0 Å². The molecule has 0 saturated heterocycles. The fourth-order valence-electron chi connectivity index (χ4n) is 1.22. The van der Waals surface area contributed by atoms with E-state index < -0.39 is 0 Å². The van der Waals surface area contributed by atoms with Gasteiger partial charge in [-0.1, -0.05) is 0 Å². The molecule has 0 saturated carbocycles. The Kier molecular flexibility index (Phi) is 3.14. The van der Waals surface area contributed by atoms with Gasteiger partial charge in [0, 0.05) is 23.3 Å². The molecule has 0 aliphatic rings. The van der Waals surface area contributed by atoms with Crippen molar-refractivity contribution in [1.82, 2.24) is 15.0 Å². The summed E-state index contributed by atoms with van der Waals surface area (Å²) in [5, 5.41) is 3.04. The third kappa shape index (κ3) is 2.55. The second kappa shape index (κ2) is 4.57. The van der Waals surface area contributed by atoms with Crippen molar-refractivity contribution in [3.8, 4) is 17.3 Å². The average molecular weight is 235 g/mol. The van der Waals surface area contributed by atoms with Crippen LogP contribution in [0.3, 0.4) is 0 Å². The molecule has 0 aliphatic carbocycles. The van der Waals surface area contributed by atoms with Gasteiger partial charge in [0.25, 0.3) is 0 Å². The van der Waals surface area contributed by atoms with E-state index in [9.17, 15) is 0 Å². The lowest BCUT2D eigenvalue weighted by Gasteiger charge is -2.06. The topological polar surface area (TPSA) is 47.9 Å². The van der Waals surface area contributed by atoms with Crippen molar-refractivity contribution in [3.63, 3.8) is 0 Å². The molecule has 0 aromatic carbocycles. The summed E-state index contributed by atoms with van der Waals surface area (Å²) in [7, 11) is 0. The SMILES string of the molecule is Cc1nc(-c2cnc(OC(C)C)nc2)cs1. The highest BCUT2D eigenvalue weighted by Crippen LogP contribution is 2.20. The van der Waals surface area contributed by atoms with E-state index in [1.807, 2.05) is 26.2 Å². The number of hydrogen-bond donors (Lipinski definition) is 0. The predicted molar refractivity (Wildman–Crippen MR) is 63.6 cm³/mol. The first-order valence-corrected chi connectivity index (χ1v) is 5.94. The first-order chi connectivity index (χ1) is 7.65. The maximum Gasteiger partial charge on any atom is 0.316 e. The monoisotopic (exact) mass is 235 g/mol.